The van der Waals surface area contributed by atoms with E-state index in [4.69, 9.17) is 16.3 Å². The lowest BCUT2D eigenvalue weighted by Crippen LogP contribution is -2.42. The van der Waals surface area contributed by atoms with Crippen molar-refractivity contribution in [2.45, 2.75) is 42.0 Å². The lowest BCUT2D eigenvalue weighted by molar-refractivity contribution is 0.0767. The summed E-state index contributed by atoms with van der Waals surface area (Å²) in [6.07, 6.45) is 2.61. The van der Waals surface area contributed by atoms with Crippen LogP contribution in [0.15, 0.2) is 51.8 Å². The number of hydrogen-bond acceptors (Lipinski definition) is 6. The first kappa shape index (κ1) is 22.5. The molecule has 158 valence electrons. The molecular formula is C21H21ClFN3O2S2. The third-order valence-electron chi connectivity index (χ3n) is 4.32. The summed E-state index contributed by atoms with van der Waals surface area (Å²) in [6, 6.07) is 8.77. The highest BCUT2D eigenvalue weighted by molar-refractivity contribution is 8.01. The van der Waals surface area contributed by atoms with Gasteiger partial charge in [0.05, 0.1) is 4.21 Å². The van der Waals surface area contributed by atoms with Crippen LogP contribution in [0, 0.1) is 5.95 Å². The molecule has 0 saturated carbocycles. The number of thiophene rings is 1. The number of carbonyl (C=O) groups excluding carboxylic acids is 1. The third kappa shape index (κ3) is 5.50. The van der Waals surface area contributed by atoms with Crippen molar-refractivity contribution in [3.63, 3.8) is 0 Å². The van der Waals surface area contributed by atoms with E-state index in [1.807, 2.05) is 32.9 Å². The SMILES string of the molecule is CN(C(=O)OCc1cc(-c2cccnc2F)c(Sc2ccnc(Cl)c2)s1)C(C)(C)C. The minimum Gasteiger partial charge on any atom is -0.444 e. The van der Waals surface area contributed by atoms with Gasteiger partial charge >= 0.3 is 6.09 Å². The summed E-state index contributed by atoms with van der Waals surface area (Å²) in [6.45, 7) is 5.88. The molecule has 3 heterocycles. The number of hydrogen-bond donors (Lipinski definition) is 0. The molecule has 0 saturated heterocycles. The second kappa shape index (κ2) is 9.32. The average molecular weight is 466 g/mol. The number of ether oxygens (including phenoxy) is 1. The Balaban J connectivity index is 1.88. The Bertz CT molecular complexity index is 1050. The predicted molar refractivity (Wildman–Crippen MR) is 119 cm³/mol. The quantitative estimate of drug-likeness (QED) is 0.401. The lowest BCUT2D eigenvalue weighted by Gasteiger charge is -2.30. The summed E-state index contributed by atoms with van der Waals surface area (Å²) in [7, 11) is 1.70. The summed E-state index contributed by atoms with van der Waals surface area (Å²) in [5.74, 6) is -0.555. The van der Waals surface area contributed by atoms with Crippen LogP contribution in [0.1, 0.15) is 25.6 Å². The van der Waals surface area contributed by atoms with Crippen molar-refractivity contribution in [2.75, 3.05) is 7.05 Å². The molecule has 0 N–H and O–H groups in total. The Morgan fingerprint density at radius 1 is 1.23 bits per heavy atom. The number of pyridine rings is 2. The van der Waals surface area contributed by atoms with E-state index < -0.39 is 12.0 Å². The van der Waals surface area contributed by atoms with Crippen molar-refractivity contribution in [3.05, 3.63) is 58.7 Å². The van der Waals surface area contributed by atoms with E-state index in [-0.39, 0.29) is 12.1 Å². The number of amides is 1. The highest BCUT2D eigenvalue weighted by Crippen LogP contribution is 2.43. The zero-order valence-electron chi connectivity index (χ0n) is 17.0. The van der Waals surface area contributed by atoms with Crippen molar-refractivity contribution in [1.29, 1.82) is 0 Å². The number of carbonyl (C=O) groups is 1. The van der Waals surface area contributed by atoms with Gasteiger partial charge in [0, 0.05) is 45.9 Å². The smallest absolute Gasteiger partial charge is 0.410 e. The first-order valence-corrected chi connectivity index (χ1v) is 11.1. The van der Waals surface area contributed by atoms with Crippen LogP contribution in [0.25, 0.3) is 11.1 Å². The molecular weight excluding hydrogens is 445 g/mol. The van der Waals surface area contributed by atoms with Crippen LogP contribution in [0.3, 0.4) is 0 Å². The molecule has 9 heteroatoms. The van der Waals surface area contributed by atoms with Gasteiger partial charge in [0.15, 0.2) is 0 Å². The van der Waals surface area contributed by atoms with Gasteiger partial charge in [-0.25, -0.2) is 14.8 Å². The highest BCUT2D eigenvalue weighted by atomic mass is 35.5. The largest absolute Gasteiger partial charge is 0.444 e. The van der Waals surface area contributed by atoms with E-state index in [1.165, 1.54) is 34.2 Å². The van der Waals surface area contributed by atoms with Crippen LogP contribution >= 0.6 is 34.7 Å². The van der Waals surface area contributed by atoms with Gasteiger partial charge in [0.1, 0.15) is 11.8 Å². The number of halogens is 2. The molecule has 30 heavy (non-hydrogen) atoms. The van der Waals surface area contributed by atoms with Gasteiger partial charge in [0.2, 0.25) is 5.95 Å². The molecule has 0 aliphatic heterocycles. The number of aromatic nitrogens is 2. The minimum atomic E-state index is -0.555. The van der Waals surface area contributed by atoms with Crippen molar-refractivity contribution in [1.82, 2.24) is 14.9 Å². The van der Waals surface area contributed by atoms with E-state index >= 15 is 0 Å². The maximum Gasteiger partial charge on any atom is 0.410 e. The zero-order valence-corrected chi connectivity index (χ0v) is 19.4. The maximum atomic E-state index is 14.4. The number of nitrogens with zero attached hydrogens (tertiary/aromatic N) is 3. The standard InChI is InChI=1S/C21H21ClFN3O2S2/c1-21(2,3)26(4)20(27)28-12-14-10-16(15-6-5-8-25-18(15)23)19(30-14)29-13-7-9-24-17(22)11-13/h5-11H,12H2,1-4H3. The normalized spacial score (nSPS) is 11.4. The third-order valence-corrected chi connectivity index (χ3v) is 6.83. The van der Waals surface area contributed by atoms with Crippen molar-refractivity contribution < 1.29 is 13.9 Å². The van der Waals surface area contributed by atoms with Crippen LogP contribution in [0.4, 0.5) is 9.18 Å². The van der Waals surface area contributed by atoms with Gasteiger partial charge in [-0.15, -0.1) is 11.3 Å². The van der Waals surface area contributed by atoms with E-state index in [2.05, 4.69) is 9.97 Å². The second-order valence-electron chi connectivity index (χ2n) is 7.46. The Labute approximate surface area is 188 Å². The zero-order chi connectivity index (χ0) is 21.9. The molecule has 5 nitrogen and oxygen atoms in total. The monoisotopic (exact) mass is 465 g/mol. The molecule has 0 fully saturated rings. The van der Waals surface area contributed by atoms with Crippen LogP contribution in [-0.4, -0.2) is 33.5 Å². The van der Waals surface area contributed by atoms with E-state index in [0.29, 0.717) is 16.3 Å². The van der Waals surface area contributed by atoms with E-state index in [0.717, 1.165) is 14.0 Å². The first-order valence-electron chi connectivity index (χ1n) is 9.09. The van der Waals surface area contributed by atoms with Crippen molar-refractivity contribution in [3.8, 4) is 11.1 Å². The van der Waals surface area contributed by atoms with Crippen LogP contribution in [-0.2, 0) is 11.3 Å². The van der Waals surface area contributed by atoms with Crippen molar-refractivity contribution >= 4 is 40.8 Å². The fraction of sp³-hybridized carbons (Fsp3) is 0.286. The van der Waals surface area contributed by atoms with Crippen LogP contribution in [0.5, 0.6) is 0 Å². The molecule has 0 unspecified atom stereocenters. The Hall–Kier alpha value is -2.16. The van der Waals surface area contributed by atoms with Gasteiger partial charge in [-0.1, -0.05) is 23.4 Å². The second-order valence-corrected chi connectivity index (χ2v) is 10.3. The summed E-state index contributed by atoms with van der Waals surface area (Å²) in [5, 5.41) is 0.380. The predicted octanol–water partition coefficient (Wildman–Crippen LogP) is 6.52. The Morgan fingerprint density at radius 3 is 2.67 bits per heavy atom. The van der Waals surface area contributed by atoms with Gasteiger partial charge in [0.25, 0.3) is 0 Å². The highest BCUT2D eigenvalue weighted by Gasteiger charge is 2.24. The van der Waals surface area contributed by atoms with Crippen LogP contribution < -0.4 is 0 Å². The Kier molecular flexibility index (Phi) is 7.00. The van der Waals surface area contributed by atoms with Gasteiger partial charge in [-0.05, 0) is 51.1 Å². The molecule has 0 aromatic carbocycles. The molecule has 1 amide bonds. The number of rotatable bonds is 5. The molecule has 3 rings (SSSR count). The molecule has 0 spiro atoms. The molecule has 0 aliphatic rings. The first-order chi connectivity index (χ1) is 14.1. The van der Waals surface area contributed by atoms with Gasteiger partial charge < -0.3 is 9.64 Å². The van der Waals surface area contributed by atoms with Crippen LogP contribution in [0.2, 0.25) is 5.15 Å². The molecule has 0 bridgehead atoms. The molecule has 0 radical (unpaired) electrons. The summed E-state index contributed by atoms with van der Waals surface area (Å²) >= 11 is 8.88. The summed E-state index contributed by atoms with van der Waals surface area (Å²) < 4.78 is 20.7. The summed E-state index contributed by atoms with van der Waals surface area (Å²) in [5.41, 5.74) is 0.734. The van der Waals surface area contributed by atoms with Gasteiger partial charge in [-0.2, -0.15) is 4.39 Å². The topological polar surface area (TPSA) is 55.3 Å². The fourth-order valence-corrected chi connectivity index (χ4v) is 5.02. The van der Waals surface area contributed by atoms with Crippen molar-refractivity contribution in [2.24, 2.45) is 0 Å². The lowest BCUT2D eigenvalue weighted by atomic mass is 10.1. The maximum absolute atomic E-state index is 14.4. The average Bonchev–Trinajstić information content (AvgIpc) is 3.07. The van der Waals surface area contributed by atoms with E-state index in [1.54, 1.807) is 31.4 Å². The fourth-order valence-electron chi connectivity index (χ4n) is 2.40. The minimum absolute atomic E-state index is 0.0937. The van der Waals surface area contributed by atoms with E-state index in [9.17, 15) is 9.18 Å². The molecule has 3 aromatic heterocycles. The molecule has 3 aromatic rings. The Morgan fingerprint density at radius 2 is 2.00 bits per heavy atom. The molecule has 0 aliphatic carbocycles. The molecule has 0 atom stereocenters. The van der Waals surface area contributed by atoms with Gasteiger partial charge in [-0.3, -0.25) is 0 Å². The summed E-state index contributed by atoms with van der Waals surface area (Å²) in [4.78, 5) is 23.3.